The number of piperazine rings is 1. The third kappa shape index (κ3) is 4.37. The van der Waals surface area contributed by atoms with E-state index >= 15 is 0 Å². The molecule has 0 radical (unpaired) electrons. The van der Waals surface area contributed by atoms with Crippen LogP contribution in [0.25, 0.3) is 0 Å². The lowest BCUT2D eigenvalue weighted by molar-refractivity contribution is -0.108. The van der Waals surface area contributed by atoms with Crippen LogP contribution in [-0.4, -0.2) is 53.7 Å². The van der Waals surface area contributed by atoms with Crippen LogP contribution in [-0.2, 0) is 0 Å². The van der Waals surface area contributed by atoms with Crippen molar-refractivity contribution in [3.05, 3.63) is 34.9 Å². The predicted octanol–water partition coefficient (Wildman–Crippen LogP) is 4.74. The van der Waals surface area contributed by atoms with Crippen molar-refractivity contribution in [2.24, 2.45) is 11.8 Å². The summed E-state index contributed by atoms with van der Waals surface area (Å²) in [6, 6.07) is 8.62. The average Bonchev–Trinajstić information content (AvgIpc) is 2.67. The Kier molecular flexibility index (Phi) is 6.13. The fourth-order valence-corrected chi connectivity index (χ4v) is 6.21. The van der Waals surface area contributed by atoms with Gasteiger partial charge < -0.3 is 10.0 Å². The second-order valence-corrected chi connectivity index (χ2v) is 9.70. The minimum absolute atomic E-state index is 0.267. The molecule has 0 bridgehead atoms. The van der Waals surface area contributed by atoms with Crippen LogP contribution in [0.2, 0.25) is 5.02 Å². The molecule has 4 unspecified atom stereocenters. The molecule has 4 atom stereocenters. The first-order chi connectivity index (χ1) is 13.0. The molecule has 4 heteroatoms. The van der Waals surface area contributed by atoms with Crippen molar-refractivity contribution in [3.8, 4) is 0 Å². The fourth-order valence-electron chi connectivity index (χ4n) is 6.01. The van der Waals surface area contributed by atoms with Crippen LogP contribution in [0.3, 0.4) is 0 Å². The van der Waals surface area contributed by atoms with Gasteiger partial charge in [-0.3, -0.25) is 4.90 Å². The number of halogens is 1. The number of benzene rings is 1. The van der Waals surface area contributed by atoms with Gasteiger partial charge in [-0.05, 0) is 62.3 Å². The van der Waals surface area contributed by atoms with Gasteiger partial charge in [0.25, 0.3) is 0 Å². The van der Waals surface area contributed by atoms with Gasteiger partial charge in [-0.25, -0.2) is 0 Å². The molecule has 3 nitrogen and oxygen atoms in total. The normalized spacial score (nSPS) is 34.2. The van der Waals surface area contributed by atoms with Gasteiger partial charge in [0.15, 0.2) is 0 Å². The fraction of sp³-hybridized carbons (Fsp3) is 0.739. The zero-order valence-electron chi connectivity index (χ0n) is 16.7. The number of nitrogens with zero attached hydrogens (tertiary/aromatic N) is 2. The van der Waals surface area contributed by atoms with Crippen LogP contribution in [0, 0.1) is 11.8 Å². The monoisotopic (exact) mass is 390 g/mol. The average molecular weight is 391 g/mol. The Morgan fingerprint density at radius 2 is 1.85 bits per heavy atom. The maximum absolute atomic E-state index is 11.9. The third-order valence-electron chi connectivity index (χ3n) is 7.54. The molecule has 2 aliphatic carbocycles. The SMILES string of the molecule is CN1CCN(C(CC2(O)CCCC3CCCCC32)c2cccc(Cl)c2)CC1. The van der Waals surface area contributed by atoms with Crippen LogP contribution in [0.4, 0.5) is 0 Å². The van der Waals surface area contributed by atoms with Gasteiger partial charge >= 0.3 is 0 Å². The van der Waals surface area contributed by atoms with Gasteiger partial charge in [0.2, 0.25) is 0 Å². The molecule has 1 saturated heterocycles. The van der Waals surface area contributed by atoms with Crippen molar-refractivity contribution in [2.75, 3.05) is 33.2 Å². The molecule has 2 saturated carbocycles. The molecule has 3 aliphatic rings. The number of likely N-dealkylation sites (N-methyl/N-ethyl adjacent to an activating group) is 1. The van der Waals surface area contributed by atoms with E-state index in [2.05, 4.69) is 35.0 Å². The van der Waals surface area contributed by atoms with E-state index in [4.69, 9.17) is 11.6 Å². The van der Waals surface area contributed by atoms with E-state index in [1.54, 1.807) is 0 Å². The molecule has 1 aromatic rings. The number of hydrogen-bond acceptors (Lipinski definition) is 3. The lowest BCUT2D eigenvalue weighted by atomic mass is 9.61. The summed E-state index contributed by atoms with van der Waals surface area (Å²) in [6.07, 6.45) is 9.52. The van der Waals surface area contributed by atoms with Gasteiger partial charge in [0.1, 0.15) is 0 Å². The van der Waals surface area contributed by atoms with Crippen LogP contribution in [0.15, 0.2) is 24.3 Å². The van der Waals surface area contributed by atoms with Gasteiger partial charge in [0, 0.05) is 37.2 Å². The minimum atomic E-state index is -0.514. The Labute approximate surface area is 169 Å². The van der Waals surface area contributed by atoms with E-state index in [1.807, 2.05) is 6.07 Å². The smallest absolute Gasteiger partial charge is 0.0696 e. The first-order valence-electron chi connectivity index (χ1n) is 11.0. The highest BCUT2D eigenvalue weighted by atomic mass is 35.5. The molecule has 27 heavy (non-hydrogen) atoms. The number of rotatable bonds is 4. The van der Waals surface area contributed by atoms with E-state index in [1.165, 1.54) is 44.1 Å². The van der Waals surface area contributed by atoms with Crippen molar-refractivity contribution in [1.82, 2.24) is 9.80 Å². The van der Waals surface area contributed by atoms with Crippen LogP contribution in [0.5, 0.6) is 0 Å². The molecule has 1 heterocycles. The Morgan fingerprint density at radius 3 is 2.63 bits per heavy atom. The molecule has 0 spiro atoms. The molecule has 3 fully saturated rings. The van der Waals surface area contributed by atoms with E-state index in [0.717, 1.165) is 50.0 Å². The maximum Gasteiger partial charge on any atom is 0.0696 e. The van der Waals surface area contributed by atoms with Gasteiger partial charge in [-0.1, -0.05) is 49.4 Å². The highest BCUT2D eigenvalue weighted by Gasteiger charge is 2.46. The first-order valence-corrected chi connectivity index (χ1v) is 11.3. The number of hydrogen-bond donors (Lipinski definition) is 1. The van der Waals surface area contributed by atoms with Crippen molar-refractivity contribution >= 4 is 11.6 Å². The Morgan fingerprint density at radius 1 is 1.11 bits per heavy atom. The summed E-state index contributed by atoms with van der Waals surface area (Å²) < 4.78 is 0. The van der Waals surface area contributed by atoms with Crippen LogP contribution in [0.1, 0.15) is 63.0 Å². The summed E-state index contributed by atoms with van der Waals surface area (Å²) in [7, 11) is 2.20. The Bertz CT molecular complexity index is 629. The second kappa shape index (κ2) is 8.41. The molecule has 4 rings (SSSR count). The van der Waals surface area contributed by atoms with Crippen molar-refractivity contribution < 1.29 is 5.11 Å². The summed E-state index contributed by atoms with van der Waals surface area (Å²) in [5, 5.41) is 12.7. The predicted molar refractivity (Wildman–Crippen MR) is 112 cm³/mol. The van der Waals surface area contributed by atoms with Crippen molar-refractivity contribution in [3.63, 3.8) is 0 Å². The quantitative estimate of drug-likeness (QED) is 0.804. The van der Waals surface area contributed by atoms with E-state index in [-0.39, 0.29) is 6.04 Å². The highest BCUT2D eigenvalue weighted by Crippen LogP contribution is 2.50. The van der Waals surface area contributed by atoms with Crippen LogP contribution < -0.4 is 0 Å². The largest absolute Gasteiger partial charge is 0.390 e. The van der Waals surface area contributed by atoms with E-state index in [0.29, 0.717) is 5.92 Å². The maximum atomic E-state index is 11.9. The zero-order valence-corrected chi connectivity index (χ0v) is 17.5. The second-order valence-electron chi connectivity index (χ2n) is 9.26. The molecular formula is C23H35ClN2O. The summed E-state index contributed by atoms with van der Waals surface area (Å²) in [5.74, 6) is 1.24. The lowest BCUT2D eigenvalue weighted by Gasteiger charge is -2.50. The topological polar surface area (TPSA) is 26.7 Å². The van der Waals surface area contributed by atoms with E-state index < -0.39 is 5.60 Å². The summed E-state index contributed by atoms with van der Waals surface area (Å²) in [5.41, 5.74) is 0.762. The Hall–Kier alpha value is -0.610. The molecule has 1 aliphatic heterocycles. The summed E-state index contributed by atoms with van der Waals surface area (Å²) in [4.78, 5) is 4.99. The molecule has 0 aromatic heterocycles. The highest BCUT2D eigenvalue weighted by molar-refractivity contribution is 6.30. The molecule has 1 aromatic carbocycles. The standard InChI is InChI=1S/C23H35ClN2O/c1-25-12-14-26(15-13-25)22(19-7-4-9-20(24)16-19)17-23(27)11-5-8-18-6-2-3-10-21(18)23/h4,7,9,16,18,21-22,27H,2-3,5-6,8,10-15,17H2,1H3. The molecule has 1 N–H and O–H groups in total. The third-order valence-corrected chi connectivity index (χ3v) is 7.78. The summed E-state index contributed by atoms with van der Waals surface area (Å²) >= 11 is 6.35. The van der Waals surface area contributed by atoms with Gasteiger partial charge in [-0.2, -0.15) is 0 Å². The molecular weight excluding hydrogens is 356 g/mol. The van der Waals surface area contributed by atoms with Crippen molar-refractivity contribution in [1.29, 1.82) is 0 Å². The Balaban J connectivity index is 1.60. The zero-order chi connectivity index (χ0) is 18.9. The summed E-state index contributed by atoms with van der Waals surface area (Å²) in [6.45, 7) is 4.33. The van der Waals surface area contributed by atoms with Crippen LogP contribution >= 0.6 is 11.6 Å². The molecule has 0 amide bonds. The first kappa shape index (κ1) is 19.7. The number of aliphatic hydroxyl groups is 1. The minimum Gasteiger partial charge on any atom is -0.390 e. The van der Waals surface area contributed by atoms with Gasteiger partial charge in [-0.15, -0.1) is 0 Å². The van der Waals surface area contributed by atoms with E-state index in [9.17, 15) is 5.11 Å². The van der Waals surface area contributed by atoms with Crippen molar-refractivity contribution in [2.45, 2.75) is 63.0 Å². The number of fused-ring (bicyclic) bond motifs is 1. The lowest BCUT2D eigenvalue weighted by Crippen LogP contribution is -2.51. The van der Waals surface area contributed by atoms with Gasteiger partial charge in [0.05, 0.1) is 5.60 Å². The molecule has 150 valence electrons.